The van der Waals surface area contributed by atoms with Crippen LogP contribution in [-0.2, 0) is 25.8 Å². The lowest BCUT2D eigenvalue weighted by atomic mass is 10.1. The zero-order valence-electron chi connectivity index (χ0n) is 14.0. The van der Waals surface area contributed by atoms with Crippen molar-refractivity contribution in [1.29, 1.82) is 0 Å². The number of benzene rings is 1. The quantitative estimate of drug-likeness (QED) is 0.727. The number of fused-ring (bicyclic) bond motifs is 1. The molecule has 2 aromatic heterocycles. The zero-order chi connectivity index (χ0) is 16.2. The molecule has 0 unspecified atom stereocenters. The van der Waals surface area contributed by atoms with Gasteiger partial charge in [0.25, 0.3) is 0 Å². The molecule has 0 aliphatic rings. The highest BCUT2D eigenvalue weighted by molar-refractivity contribution is 5.91. The Balaban J connectivity index is 1.94. The molecule has 0 atom stereocenters. The third-order valence-electron chi connectivity index (χ3n) is 4.19. The summed E-state index contributed by atoms with van der Waals surface area (Å²) >= 11 is 0. The van der Waals surface area contributed by atoms with Crippen LogP contribution in [0.4, 0.5) is 5.69 Å². The van der Waals surface area contributed by atoms with Crippen molar-refractivity contribution in [2.45, 2.75) is 46.6 Å². The van der Waals surface area contributed by atoms with E-state index >= 15 is 0 Å². The lowest BCUT2D eigenvalue weighted by Crippen LogP contribution is -2.05. The molecule has 120 valence electrons. The van der Waals surface area contributed by atoms with E-state index in [1.54, 1.807) is 0 Å². The molecule has 0 aliphatic carbocycles. The maximum Gasteiger partial charge on any atom is 0.141 e. The van der Waals surface area contributed by atoms with E-state index in [4.69, 9.17) is 9.51 Å². The van der Waals surface area contributed by atoms with Crippen molar-refractivity contribution in [3.8, 4) is 0 Å². The summed E-state index contributed by atoms with van der Waals surface area (Å²) in [7, 11) is 0. The van der Waals surface area contributed by atoms with Gasteiger partial charge in [-0.05, 0) is 25.0 Å². The van der Waals surface area contributed by atoms with E-state index in [-0.39, 0.29) is 0 Å². The molecule has 0 aliphatic heterocycles. The molecule has 1 aromatic carbocycles. The Bertz CT molecular complexity index is 786. The molecule has 2 heterocycles. The molecule has 3 aromatic rings. The van der Waals surface area contributed by atoms with Crippen LogP contribution in [0, 0.1) is 0 Å². The first kappa shape index (κ1) is 15.5. The van der Waals surface area contributed by atoms with Crippen LogP contribution in [0.1, 0.15) is 43.5 Å². The van der Waals surface area contributed by atoms with E-state index in [0.29, 0.717) is 0 Å². The second kappa shape index (κ2) is 6.82. The van der Waals surface area contributed by atoms with Crippen molar-refractivity contribution in [2.24, 2.45) is 0 Å². The highest BCUT2D eigenvalue weighted by atomic mass is 16.5. The van der Waals surface area contributed by atoms with Gasteiger partial charge in [0.15, 0.2) is 0 Å². The van der Waals surface area contributed by atoms with Gasteiger partial charge in [-0.1, -0.05) is 44.1 Å². The minimum atomic E-state index is 0.729. The molecule has 0 amide bonds. The number of aromatic nitrogens is 2. The largest absolute Gasteiger partial charge is 0.380 e. The van der Waals surface area contributed by atoms with Crippen LogP contribution < -0.4 is 5.32 Å². The first-order chi connectivity index (χ1) is 11.3. The fourth-order valence-electron chi connectivity index (χ4n) is 2.88. The maximum atomic E-state index is 5.45. The number of hydrogen-bond acceptors (Lipinski definition) is 4. The number of pyridine rings is 1. The Morgan fingerprint density at radius 3 is 2.61 bits per heavy atom. The van der Waals surface area contributed by atoms with E-state index in [1.165, 1.54) is 5.56 Å². The van der Waals surface area contributed by atoms with Gasteiger partial charge in [-0.15, -0.1) is 0 Å². The average Bonchev–Trinajstić information content (AvgIpc) is 3.01. The van der Waals surface area contributed by atoms with Gasteiger partial charge in [0, 0.05) is 35.3 Å². The molecule has 0 saturated heterocycles. The Labute approximate surface area is 136 Å². The van der Waals surface area contributed by atoms with Crippen LogP contribution in [0.25, 0.3) is 10.9 Å². The van der Waals surface area contributed by atoms with Crippen molar-refractivity contribution < 1.29 is 4.52 Å². The lowest BCUT2D eigenvalue weighted by Gasteiger charge is -2.12. The highest BCUT2D eigenvalue weighted by Crippen LogP contribution is 2.25. The van der Waals surface area contributed by atoms with Gasteiger partial charge in [0.05, 0.1) is 11.2 Å². The van der Waals surface area contributed by atoms with Crippen LogP contribution in [0.5, 0.6) is 0 Å². The second-order valence-corrected chi connectivity index (χ2v) is 5.62. The second-order valence-electron chi connectivity index (χ2n) is 5.62. The summed E-state index contributed by atoms with van der Waals surface area (Å²) in [4.78, 5) is 4.70. The average molecular weight is 309 g/mol. The Kier molecular flexibility index (Phi) is 4.60. The topological polar surface area (TPSA) is 51.0 Å². The van der Waals surface area contributed by atoms with Gasteiger partial charge in [-0.2, -0.15) is 0 Å². The molecule has 4 heteroatoms. The molecule has 0 saturated carbocycles. The van der Waals surface area contributed by atoms with Crippen LogP contribution >= 0.6 is 0 Å². The van der Waals surface area contributed by atoms with Gasteiger partial charge < -0.3 is 9.84 Å². The number of aryl methyl sites for hydroxylation is 3. The van der Waals surface area contributed by atoms with Gasteiger partial charge in [0.2, 0.25) is 0 Å². The summed E-state index contributed by atoms with van der Waals surface area (Å²) in [6.07, 6.45) is 2.67. The van der Waals surface area contributed by atoms with E-state index in [1.807, 2.05) is 6.07 Å². The SMILES string of the molecule is CCc1cc(NCc2c(CC)noc2CC)c2ccccc2n1. The number of nitrogens with zero attached hydrogens (tertiary/aromatic N) is 2. The van der Waals surface area contributed by atoms with Crippen molar-refractivity contribution >= 4 is 16.6 Å². The van der Waals surface area contributed by atoms with Crippen LogP contribution in [0.3, 0.4) is 0 Å². The normalized spacial score (nSPS) is 11.1. The van der Waals surface area contributed by atoms with E-state index in [0.717, 1.165) is 59.5 Å². The van der Waals surface area contributed by atoms with Crippen molar-refractivity contribution in [1.82, 2.24) is 10.1 Å². The number of rotatable bonds is 6. The van der Waals surface area contributed by atoms with Gasteiger partial charge in [0.1, 0.15) is 5.76 Å². The monoisotopic (exact) mass is 309 g/mol. The maximum absolute atomic E-state index is 5.45. The fourth-order valence-corrected chi connectivity index (χ4v) is 2.88. The van der Waals surface area contributed by atoms with Gasteiger partial charge >= 0.3 is 0 Å². The summed E-state index contributed by atoms with van der Waals surface area (Å²) in [5, 5.41) is 8.91. The first-order valence-electron chi connectivity index (χ1n) is 8.35. The summed E-state index contributed by atoms with van der Waals surface area (Å²) in [6.45, 7) is 7.07. The predicted octanol–water partition coefficient (Wildman–Crippen LogP) is 4.52. The van der Waals surface area contributed by atoms with Gasteiger partial charge in [-0.3, -0.25) is 4.98 Å². The summed E-state index contributed by atoms with van der Waals surface area (Å²) in [6, 6.07) is 10.4. The molecule has 23 heavy (non-hydrogen) atoms. The van der Waals surface area contributed by atoms with E-state index in [2.05, 4.69) is 55.5 Å². The zero-order valence-corrected chi connectivity index (χ0v) is 14.0. The summed E-state index contributed by atoms with van der Waals surface area (Å²) < 4.78 is 5.45. The number of hydrogen-bond donors (Lipinski definition) is 1. The van der Waals surface area contributed by atoms with E-state index in [9.17, 15) is 0 Å². The molecule has 0 radical (unpaired) electrons. The van der Waals surface area contributed by atoms with Gasteiger partial charge in [-0.25, -0.2) is 0 Å². The lowest BCUT2D eigenvalue weighted by molar-refractivity contribution is 0.380. The number of anilines is 1. The van der Waals surface area contributed by atoms with Crippen LogP contribution in [0.15, 0.2) is 34.9 Å². The fraction of sp³-hybridized carbons (Fsp3) is 0.368. The Hall–Kier alpha value is -2.36. The first-order valence-corrected chi connectivity index (χ1v) is 8.35. The van der Waals surface area contributed by atoms with Crippen molar-refractivity contribution in [2.75, 3.05) is 5.32 Å². The standard InChI is InChI=1S/C19H23N3O/c1-4-13-11-18(14-9-7-8-10-17(14)21-13)20-12-15-16(5-2)22-23-19(15)6-3/h7-11H,4-6,12H2,1-3H3,(H,20,21). The Morgan fingerprint density at radius 2 is 1.87 bits per heavy atom. The van der Waals surface area contributed by atoms with Crippen LogP contribution in [-0.4, -0.2) is 10.1 Å². The minimum absolute atomic E-state index is 0.729. The molecular formula is C19H23N3O. The molecule has 0 bridgehead atoms. The minimum Gasteiger partial charge on any atom is -0.380 e. The molecule has 4 nitrogen and oxygen atoms in total. The van der Waals surface area contributed by atoms with Crippen molar-refractivity contribution in [3.63, 3.8) is 0 Å². The smallest absolute Gasteiger partial charge is 0.141 e. The number of para-hydroxylation sites is 1. The number of nitrogens with one attached hydrogen (secondary N) is 1. The molecule has 0 spiro atoms. The molecule has 0 fully saturated rings. The Morgan fingerprint density at radius 1 is 1.04 bits per heavy atom. The molecular weight excluding hydrogens is 286 g/mol. The van der Waals surface area contributed by atoms with Crippen molar-refractivity contribution in [3.05, 3.63) is 53.0 Å². The molecule has 1 N–H and O–H groups in total. The summed E-state index contributed by atoms with van der Waals surface area (Å²) in [5.74, 6) is 0.975. The van der Waals surface area contributed by atoms with Crippen LogP contribution in [0.2, 0.25) is 0 Å². The molecule has 3 rings (SSSR count). The van der Waals surface area contributed by atoms with E-state index < -0.39 is 0 Å². The summed E-state index contributed by atoms with van der Waals surface area (Å²) in [5.41, 5.74) is 5.49. The predicted molar refractivity (Wildman–Crippen MR) is 93.7 cm³/mol. The third kappa shape index (κ3) is 3.07. The third-order valence-corrected chi connectivity index (χ3v) is 4.19. The highest BCUT2D eigenvalue weighted by Gasteiger charge is 2.14.